The van der Waals surface area contributed by atoms with Crippen LogP contribution in [0.1, 0.15) is 19.3 Å². The fraction of sp³-hybridized carbons (Fsp3) is 0.500. The number of rotatable bonds is 3. The van der Waals surface area contributed by atoms with E-state index in [1.807, 2.05) is 0 Å². The molecule has 0 unspecified atom stereocenters. The van der Waals surface area contributed by atoms with Crippen LogP contribution >= 0.6 is 0 Å². The smallest absolute Gasteiger partial charge is 0.358 e. The Morgan fingerprint density at radius 1 is 1.44 bits per heavy atom. The summed E-state index contributed by atoms with van der Waals surface area (Å²) in [4.78, 5) is 10.6. The van der Waals surface area contributed by atoms with Gasteiger partial charge in [0.15, 0.2) is 0 Å². The van der Waals surface area contributed by atoms with E-state index in [9.17, 15) is 9.30 Å². The summed E-state index contributed by atoms with van der Waals surface area (Å²) >= 11 is 0. The molecule has 0 spiro atoms. The van der Waals surface area contributed by atoms with Crippen LogP contribution in [0, 0.1) is 10.7 Å². The highest BCUT2D eigenvalue weighted by Gasteiger charge is 2.43. The van der Waals surface area contributed by atoms with Crippen molar-refractivity contribution in [2.75, 3.05) is 0 Å². The molecule has 5 nitrogen and oxygen atoms in total. The molecule has 2 heterocycles. The molecule has 2 saturated heterocycles. The van der Waals surface area contributed by atoms with Crippen molar-refractivity contribution in [3.05, 3.63) is 28.9 Å². The van der Waals surface area contributed by atoms with Crippen LogP contribution in [0.4, 0.5) is 10.1 Å². The Balaban J connectivity index is 1.83. The Bertz CT molecular complexity index is 493. The predicted octanol–water partition coefficient (Wildman–Crippen LogP) is 2.32. The molecule has 0 saturated carbocycles. The second-order valence-corrected chi connectivity index (χ2v) is 4.65. The minimum Gasteiger partial charge on any atom is -0.480 e. The Labute approximate surface area is 103 Å². The van der Waals surface area contributed by atoms with Crippen molar-refractivity contribution in [1.82, 2.24) is 0 Å². The van der Waals surface area contributed by atoms with E-state index in [4.69, 9.17) is 14.7 Å². The first-order valence-electron chi connectivity index (χ1n) is 5.91. The Morgan fingerprint density at radius 3 is 2.89 bits per heavy atom. The second kappa shape index (κ2) is 4.20. The van der Waals surface area contributed by atoms with Crippen molar-refractivity contribution in [3.63, 3.8) is 0 Å². The maximum atomic E-state index is 13.2. The quantitative estimate of drug-likeness (QED) is 0.841. The van der Waals surface area contributed by atoms with Gasteiger partial charge in [0.25, 0.3) is 4.92 Å². The summed E-state index contributed by atoms with van der Waals surface area (Å²) in [6, 6.07) is 3.38. The highest BCUT2D eigenvalue weighted by atomic mass is 19.1. The third-order valence-electron chi connectivity index (χ3n) is 3.46. The first kappa shape index (κ1) is 11.4. The molecule has 3 rings (SSSR count). The van der Waals surface area contributed by atoms with Crippen LogP contribution in [0.5, 0.6) is 5.75 Å². The summed E-state index contributed by atoms with van der Waals surface area (Å²) in [6.07, 6.45) is 2.71. The van der Waals surface area contributed by atoms with E-state index in [1.54, 1.807) is 0 Å². The molecule has 96 valence electrons. The van der Waals surface area contributed by atoms with Gasteiger partial charge in [0.05, 0.1) is 17.1 Å². The molecule has 0 aliphatic carbocycles. The predicted molar refractivity (Wildman–Crippen MR) is 58.4 cm³/mol. The Hall–Kier alpha value is -1.69. The monoisotopic (exact) mass is 254 g/mol. The van der Waals surface area contributed by atoms with Crippen LogP contribution in [0.3, 0.4) is 0 Å². The lowest BCUT2D eigenvalue weighted by Crippen LogP contribution is -2.28. The van der Waals surface area contributed by atoms with Gasteiger partial charge < -0.3 is 9.47 Å². The Kier molecular flexibility index (Phi) is 2.66. The molecule has 0 aromatic heterocycles. The molecular formula is C12H13FNO4+. The fourth-order valence-corrected chi connectivity index (χ4v) is 2.62. The van der Waals surface area contributed by atoms with Gasteiger partial charge in [-0.05, 0) is 18.9 Å². The normalized spacial score (nSPS) is 29.5. The summed E-state index contributed by atoms with van der Waals surface area (Å²) in [5.41, 5.74) is -0.0980. The Morgan fingerprint density at radius 2 is 2.28 bits per heavy atom. The van der Waals surface area contributed by atoms with Crippen molar-refractivity contribution in [2.24, 2.45) is 0 Å². The zero-order chi connectivity index (χ0) is 12.7. The molecule has 1 N–H and O–H groups in total. The summed E-state index contributed by atoms with van der Waals surface area (Å²) < 4.78 is 24.4. The van der Waals surface area contributed by atoms with Gasteiger partial charge in [-0.3, -0.25) is 0 Å². The van der Waals surface area contributed by atoms with Crippen LogP contribution < -0.4 is 4.74 Å². The van der Waals surface area contributed by atoms with Crippen LogP contribution in [0.15, 0.2) is 18.2 Å². The molecule has 2 aliphatic rings. The van der Waals surface area contributed by atoms with Crippen molar-refractivity contribution in [3.8, 4) is 5.75 Å². The number of hydrogen-bond donors (Lipinski definition) is 1. The molecule has 1 aromatic rings. The fourth-order valence-electron chi connectivity index (χ4n) is 2.62. The second-order valence-electron chi connectivity index (χ2n) is 4.65. The topological polar surface area (TPSA) is 58.8 Å². The van der Waals surface area contributed by atoms with Crippen molar-refractivity contribution >= 4 is 5.69 Å². The molecule has 18 heavy (non-hydrogen) atoms. The molecule has 1 aromatic carbocycles. The molecule has 2 fully saturated rings. The zero-order valence-corrected chi connectivity index (χ0v) is 9.58. The molecule has 0 radical (unpaired) electrons. The summed E-state index contributed by atoms with van der Waals surface area (Å²) in [5, 5.41) is 8.95. The summed E-state index contributed by atoms with van der Waals surface area (Å²) in [7, 11) is 0. The maximum absolute atomic E-state index is 13.2. The van der Waals surface area contributed by atoms with Gasteiger partial charge in [0.1, 0.15) is 11.9 Å². The van der Waals surface area contributed by atoms with Gasteiger partial charge in [0, 0.05) is 18.6 Å². The van der Waals surface area contributed by atoms with Gasteiger partial charge in [-0.1, -0.05) is 0 Å². The highest BCUT2D eigenvalue weighted by Crippen LogP contribution is 2.38. The van der Waals surface area contributed by atoms with E-state index in [0.717, 1.165) is 31.4 Å². The lowest BCUT2D eigenvalue weighted by Gasteiger charge is -2.19. The van der Waals surface area contributed by atoms with E-state index >= 15 is 0 Å². The average molecular weight is 254 g/mol. The SMILES string of the molecule is O=[N+](O)c1ccc(F)cc1O[C@@H]1C[C@@H]2CC[C@H]1O2. The van der Waals surface area contributed by atoms with E-state index in [-0.39, 0.29) is 34.7 Å². The van der Waals surface area contributed by atoms with Gasteiger partial charge >= 0.3 is 5.69 Å². The van der Waals surface area contributed by atoms with E-state index in [0.29, 0.717) is 0 Å². The third kappa shape index (κ3) is 1.92. The largest absolute Gasteiger partial charge is 0.480 e. The van der Waals surface area contributed by atoms with Gasteiger partial charge in [0.2, 0.25) is 5.75 Å². The lowest BCUT2D eigenvalue weighted by molar-refractivity contribution is -0.730. The van der Waals surface area contributed by atoms with E-state index < -0.39 is 5.82 Å². The van der Waals surface area contributed by atoms with Crippen LogP contribution in [0.25, 0.3) is 0 Å². The van der Waals surface area contributed by atoms with Gasteiger partial charge in [-0.2, -0.15) is 0 Å². The number of fused-ring (bicyclic) bond motifs is 2. The van der Waals surface area contributed by atoms with Crippen molar-refractivity contribution < 1.29 is 24.0 Å². The standard InChI is InChI=1S/C12H13FNO4/c13-7-1-3-9(14(15)16)11(5-7)18-12-6-8-2-4-10(12)17-8/h1,3,5,8,10,12H,2,4,6H2,(H,15,16)/q+1/t8-,10+,12+/m0/s1. The molecular weight excluding hydrogens is 241 g/mol. The van der Waals surface area contributed by atoms with Gasteiger partial charge in [-0.15, -0.1) is 0 Å². The number of ether oxygens (including phenoxy) is 2. The summed E-state index contributed by atoms with van der Waals surface area (Å²) in [6.45, 7) is 0. The van der Waals surface area contributed by atoms with Gasteiger partial charge in [-0.25, -0.2) is 9.60 Å². The van der Waals surface area contributed by atoms with Crippen LogP contribution in [-0.4, -0.2) is 28.4 Å². The first-order chi connectivity index (χ1) is 8.63. The van der Waals surface area contributed by atoms with Crippen LogP contribution in [0.2, 0.25) is 0 Å². The maximum Gasteiger partial charge on any atom is 0.358 e. The van der Waals surface area contributed by atoms with Crippen molar-refractivity contribution in [2.45, 2.75) is 37.6 Å². The lowest BCUT2D eigenvalue weighted by atomic mass is 9.98. The number of nitrogens with zero attached hydrogens (tertiary/aromatic N) is 1. The highest BCUT2D eigenvalue weighted by molar-refractivity contribution is 5.46. The number of halogens is 1. The molecule has 2 aliphatic heterocycles. The van der Waals surface area contributed by atoms with Crippen LogP contribution in [-0.2, 0) is 4.74 Å². The van der Waals surface area contributed by atoms with Crippen molar-refractivity contribution in [1.29, 1.82) is 0 Å². The third-order valence-corrected chi connectivity index (χ3v) is 3.46. The summed E-state index contributed by atoms with van der Waals surface area (Å²) in [5.74, 6) is -0.465. The molecule has 3 atom stereocenters. The average Bonchev–Trinajstić information content (AvgIpc) is 2.90. The number of hydrogen-bond acceptors (Lipinski definition) is 3. The molecule has 6 heteroatoms. The minimum atomic E-state index is -0.514. The minimum absolute atomic E-state index is 0.00455. The molecule has 0 amide bonds. The van der Waals surface area contributed by atoms with E-state index in [2.05, 4.69) is 0 Å². The number of benzene rings is 1. The first-order valence-corrected chi connectivity index (χ1v) is 5.91. The van der Waals surface area contributed by atoms with E-state index in [1.165, 1.54) is 6.07 Å². The zero-order valence-electron chi connectivity index (χ0n) is 9.58. The molecule has 2 bridgehead atoms.